The molecule has 0 saturated heterocycles. The number of para-hydroxylation sites is 1. The fourth-order valence-electron chi connectivity index (χ4n) is 4.11. The molecule has 1 amide bonds. The Morgan fingerprint density at radius 3 is 2.47 bits per heavy atom. The number of nitrogens with zero attached hydrogens (tertiary/aromatic N) is 2. The summed E-state index contributed by atoms with van der Waals surface area (Å²) in [5.74, 6) is 0.352. The van der Waals surface area contributed by atoms with Crippen LogP contribution in [0, 0.1) is 5.92 Å². The van der Waals surface area contributed by atoms with Gasteiger partial charge in [-0.2, -0.15) is 0 Å². The molecule has 0 unspecified atom stereocenters. The number of carbonyl (C=O) groups excluding carboxylic acids is 1. The van der Waals surface area contributed by atoms with Crippen LogP contribution in [0.5, 0.6) is 0 Å². The second-order valence-corrected chi connectivity index (χ2v) is 10.7. The average Bonchev–Trinajstić information content (AvgIpc) is 3.32. The van der Waals surface area contributed by atoms with Crippen molar-refractivity contribution in [3.63, 3.8) is 0 Å². The first-order valence-corrected chi connectivity index (χ1v) is 13.2. The fourth-order valence-corrected chi connectivity index (χ4v) is 5.33. The number of nitrogens with one attached hydrogen (secondary N) is 1. The predicted molar refractivity (Wildman–Crippen MR) is 151 cm³/mol. The monoisotopic (exact) mass is 531 g/mol. The minimum Gasteiger partial charge on any atom is -0.298 e. The van der Waals surface area contributed by atoms with Gasteiger partial charge in [0.25, 0.3) is 5.91 Å². The van der Waals surface area contributed by atoms with Crippen LogP contribution in [0.2, 0.25) is 10.0 Å². The van der Waals surface area contributed by atoms with Crippen molar-refractivity contribution in [2.24, 2.45) is 5.92 Å². The van der Waals surface area contributed by atoms with Crippen molar-refractivity contribution < 1.29 is 4.79 Å². The van der Waals surface area contributed by atoms with Crippen LogP contribution in [0.25, 0.3) is 33.4 Å². The number of rotatable bonds is 6. The minimum absolute atomic E-state index is 0.256. The molecule has 0 radical (unpaired) electrons. The molecule has 0 aliphatic rings. The topological polar surface area (TPSA) is 54.9 Å². The Balaban J connectivity index is 1.44. The molecule has 1 N–H and O–H groups in total. The highest BCUT2D eigenvalue weighted by molar-refractivity contribution is 7.14. The van der Waals surface area contributed by atoms with E-state index in [-0.39, 0.29) is 5.91 Å². The van der Waals surface area contributed by atoms with Crippen LogP contribution in [0.1, 0.15) is 29.8 Å². The molecule has 5 aromatic rings. The number of pyridine rings is 1. The van der Waals surface area contributed by atoms with Crippen LogP contribution in [0.3, 0.4) is 0 Å². The number of anilines is 1. The molecule has 4 nitrogen and oxygen atoms in total. The van der Waals surface area contributed by atoms with Crippen molar-refractivity contribution >= 4 is 56.5 Å². The van der Waals surface area contributed by atoms with Crippen molar-refractivity contribution in [2.45, 2.75) is 20.3 Å². The molecule has 3 aromatic carbocycles. The summed E-state index contributed by atoms with van der Waals surface area (Å²) in [5.41, 5.74) is 5.66. The summed E-state index contributed by atoms with van der Waals surface area (Å²) in [6.07, 6.45) is 1.04. The van der Waals surface area contributed by atoms with Crippen molar-refractivity contribution in [1.82, 2.24) is 9.97 Å². The first-order valence-electron chi connectivity index (χ1n) is 11.6. The van der Waals surface area contributed by atoms with Crippen LogP contribution >= 0.6 is 34.5 Å². The van der Waals surface area contributed by atoms with E-state index in [1.165, 1.54) is 16.9 Å². The van der Waals surface area contributed by atoms with Crippen LogP contribution in [-0.2, 0) is 6.42 Å². The van der Waals surface area contributed by atoms with E-state index in [1.807, 2.05) is 35.7 Å². The van der Waals surface area contributed by atoms with Crippen molar-refractivity contribution in [3.05, 3.63) is 99.3 Å². The number of carbonyl (C=O) groups is 1. The zero-order valence-electron chi connectivity index (χ0n) is 19.8. The maximum atomic E-state index is 13.4. The summed E-state index contributed by atoms with van der Waals surface area (Å²) in [5, 5.41) is 7.22. The summed E-state index contributed by atoms with van der Waals surface area (Å²) >= 11 is 13.9. The Labute approximate surface area is 224 Å². The summed E-state index contributed by atoms with van der Waals surface area (Å²) in [7, 11) is 0. The molecule has 5 rings (SSSR count). The van der Waals surface area contributed by atoms with Crippen molar-refractivity contribution in [1.29, 1.82) is 0 Å². The highest BCUT2D eigenvalue weighted by Gasteiger charge is 2.17. The molecule has 7 heteroatoms. The van der Waals surface area contributed by atoms with Crippen LogP contribution in [-0.4, -0.2) is 15.9 Å². The summed E-state index contributed by atoms with van der Waals surface area (Å²) in [6.45, 7) is 4.42. The molecular weight excluding hydrogens is 509 g/mol. The summed E-state index contributed by atoms with van der Waals surface area (Å²) < 4.78 is 0. The van der Waals surface area contributed by atoms with E-state index in [0.29, 0.717) is 43.4 Å². The van der Waals surface area contributed by atoms with Crippen LogP contribution in [0.4, 0.5) is 5.13 Å². The molecule has 0 atom stereocenters. The zero-order chi connectivity index (χ0) is 25.2. The van der Waals surface area contributed by atoms with Gasteiger partial charge in [0.2, 0.25) is 0 Å². The van der Waals surface area contributed by atoms with Gasteiger partial charge in [0, 0.05) is 26.9 Å². The number of hydrogen-bond acceptors (Lipinski definition) is 4. The lowest BCUT2D eigenvalue weighted by Gasteiger charge is -2.11. The van der Waals surface area contributed by atoms with Crippen molar-refractivity contribution in [2.75, 3.05) is 5.32 Å². The molecule has 2 aromatic heterocycles. The maximum absolute atomic E-state index is 13.4. The molecule has 0 saturated carbocycles. The van der Waals surface area contributed by atoms with E-state index in [1.54, 1.807) is 18.2 Å². The van der Waals surface area contributed by atoms with E-state index in [0.717, 1.165) is 23.1 Å². The van der Waals surface area contributed by atoms with Gasteiger partial charge in [-0.3, -0.25) is 10.1 Å². The Hall–Kier alpha value is -3.25. The molecular formula is C29H23Cl2N3OS. The molecule has 0 bridgehead atoms. The Morgan fingerprint density at radius 1 is 0.944 bits per heavy atom. The number of amides is 1. The minimum atomic E-state index is -0.256. The molecule has 0 spiro atoms. The predicted octanol–water partition coefficient (Wildman–Crippen LogP) is 8.78. The van der Waals surface area contributed by atoms with Crippen LogP contribution in [0.15, 0.2) is 78.2 Å². The number of hydrogen-bond donors (Lipinski definition) is 1. The quantitative estimate of drug-likeness (QED) is 0.238. The normalized spacial score (nSPS) is 11.2. The molecule has 2 heterocycles. The third-order valence-electron chi connectivity index (χ3n) is 5.79. The maximum Gasteiger partial charge on any atom is 0.258 e. The summed E-state index contributed by atoms with van der Waals surface area (Å²) in [4.78, 5) is 22.8. The van der Waals surface area contributed by atoms with Gasteiger partial charge in [0.05, 0.1) is 27.5 Å². The number of benzene rings is 3. The third kappa shape index (κ3) is 5.29. The zero-order valence-corrected chi connectivity index (χ0v) is 22.1. The third-order valence-corrected chi connectivity index (χ3v) is 7.09. The molecule has 0 aliphatic heterocycles. The average molecular weight is 532 g/mol. The Kier molecular flexibility index (Phi) is 7.06. The van der Waals surface area contributed by atoms with Gasteiger partial charge >= 0.3 is 0 Å². The lowest BCUT2D eigenvalue weighted by Crippen LogP contribution is -2.13. The van der Waals surface area contributed by atoms with Gasteiger partial charge in [0.1, 0.15) is 0 Å². The van der Waals surface area contributed by atoms with Gasteiger partial charge in [-0.25, -0.2) is 9.97 Å². The van der Waals surface area contributed by atoms with Gasteiger partial charge in [-0.1, -0.05) is 79.5 Å². The number of thiazole rings is 1. The first-order chi connectivity index (χ1) is 17.4. The SMILES string of the molecule is CC(C)Cc1ccc(-c2csc(NC(=O)c3cc(-c4ccc(Cl)cc4Cl)nc4ccccc34)n2)cc1. The fraction of sp³-hybridized carbons (Fsp3) is 0.138. The first kappa shape index (κ1) is 24.4. The largest absolute Gasteiger partial charge is 0.298 e. The van der Waals surface area contributed by atoms with E-state index in [4.69, 9.17) is 28.2 Å². The Morgan fingerprint density at radius 2 is 1.72 bits per heavy atom. The van der Waals surface area contributed by atoms with Crippen LogP contribution < -0.4 is 5.32 Å². The number of halogens is 2. The highest BCUT2D eigenvalue weighted by atomic mass is 35.5. The molecule has 36 heavy (non-hydrogen) atoms. The number of aromatic nitrogens is 2. The smallest absolute Gasteiger partial charge is 0.258 e. The molecule has 0 aliphatic carbocycles. The molecule has 0 fully saturated rings. The van der Waals surface area contributed by atoms with E-state index >= 15 is 0 Å². The highest BCUT2D eigenvalue weighted by Crippen LogP contribution is 2.32. The molecule has 180 valence electrons. The second-order valence-electron chi connectivity index (χ2n) is 8.98. The van der Waals surface area contributed by atoms with Gasteiger partial charge in [-0.15, -0.1) is 11.3 Å². The second kappa shape index (κ2) is 10.4. The van der Waals surface area contributed by atoms with Gasteiger partial charge < -0.3 is 0 Å². The van der Waals surface area contributed by atoms with Crippen molar-refractivity contribution in [3.8, 4) is 22.5 Å². The van der Waals surface area contributed by atoms with Gasteiger partial charge in [0.15, 0.2) is 5.13 Å². The van der Waals surface area contributed by atoms with Gasteiger partial charge in [-0.05, 0) is 48.2 Å². The van der Waals surface area contributed by atoms with E-state index in [2.05, 4.69) is 48.4 Å². The standard InChI is InChI=1S/C29H23Cl2N3OS/c1-17(2)13-18-7-9-19(10-8-18)27-16-36-29(33-27)34-28(35)23-15-26(22-12-11-20(30)14-24(22)31)32-25-6-4-3-5-21(23)25/h3-12,14-17H,13H2,1-2H3,(H,33,34,35). The lowest BCUT2D eigenvalue weighted by atomic mass is 10.0. The Bertz CT molecular complexity index is 1560. The lowest BCUT2D eigenvalue weighted by molar-refractivity contribution is 0.102. The summed E-state index contributed by atoms with van der Waals surface area (Å²) in [6, 6.07) is 23.0. The van der Waals surface area contributed by atoms with E-state index < -0.39 is 0 Å². The van der Waals surface area contributed by atoms with E-state index in [9.17, 15) is 4.79 Å². The number of fused-ring (bicyclic) bond motifs is 1.